The number of ether oxygens (including phenoxy) is 1. The summed E-state index contributed by atoms with van der Waals surface area (Å²) in [4.78, 5) is 11.7. The highest BCUT2D eigenvalue weighted by molar-refractivity contribution is 7.15. The van der Waals surface area contributed by atoms with Crippen molar-refractivity contribution in [2.24, 2.45) is 11.1 Å². The molecule has 7 heteroatoms. The molecule has 1 aliphatic heterocycles. The van der Waals surface area contributed by atoms with E-state index in [2.05, 4.69) is 29.4 Å². The second-order valence-electron chi connectivity index (χ2n) is 5.21. The van der Waals surface area contributed by atoms with Gasteiger partial charge in [0.25, 0.3) is 0 Å². The fraction of sp³-hybridized carbons (Fsp3) is 0.750. The fourth-order valence-corrected chi connectivity index (χ4v) is 2.80. The minimum atomic E-state index is -0.526. The number of nitrogens with one attached hydrogen (secondary N) is 1. The van der Waals surface area contributed by atoms with Gasteiger partial charge in [0.05, 0.1) is 5.41 Å². The van der Waals surface area contributed by atoms with Gasteiger partial charge in [0.2, 0.25) is 11.0 Å². The van der Waals surface area contributed by atoms with Gasteiger partial charge in [0, 0.05) is 25.7 Å². The van der Waals surface area contributed by atoms with E-state index in [1.165, 1.54) is 11.3 Å². The van der Waals surface area contributed by atoms with Gasteiger partial charge in [-0.3, -0.25) is 4.79 Å². The summed E-state index contributed by atoms with van der Waals surface area (Å²) in [6.45, 7) is 5.82. The molecule has 1 amide bonds. The van der Waals surface area contributed by atoms with Crippen LogP contribution in [0.4, 0.5) is 5.13 Å². The molecule has 0 aromatic carbocycles. The smallest absolute Gasteiger partial charge is 0.225 e. The lowest BCUT2D eigenvalue weighted by atomic mass is 9.79. The van der Waals surface area contributed by atoms with Crippen molar-refractivity contribution in [1.29, 1.82) is 0 Å². The zero-order chi connectivity index (χ0) is 13.9. The van der Waals surface area contributed by atoms with Gasteiger partial charge in [-0.15, -0.1) is 10.2 Å². The Labute approximate surface area is 116 Å². The van der Waals surface area contributed by atoms with Crippen LogP contribution in [0.3, 0.4) is 0 Å². The zero-order valence-corrected chi connectivity index (χ0v) is 12.1. The molecule has 0 bridgehead atoms. The van der Waals surface area contributed by atoms with Crippen molar-refractivity contribution in [2.75, 3.05) is 25.1 Å². The zero-order valence-electron chi connectivity index (χ0n) is 11.3. The molecular formula is C12H20N4O2S. The van der Waals surface area contributed by atoms with Gasteiger partial charge < -0.3 is 15.8 Å². The summed E-state index contributed by atoms with van der Waals surface area (Å²) >= 11 is 1.52. The Morgan fingerprint density at radius 3 is 2.68 bits per heavy atom. The number of hydrogen-bond acceptors (Lipinski definition) is 6. The molecule has 0 atom stereocenters. The van der Waals surface area contributed by atoms with Gasteiger partial charge in [-0.1, -0.05) is 25.2 Å². The lowest BCUT2D eigenvalue weighted by Gasteiger charge is -2.34. The molecule has 3 N–H and O–H groups in total. The van der Waals surface area contributed by atoms with E-state index < -0.39 is 5.41 Å². The van der Waals surface area contributed by atoms with Crippen LogP contribution in [-0.4, -0.2) is 35.9 Å². The van der Waals surface area contributed by atoms with E-state index in [1.54, 1.807) is 0 Å². The quantitative estimate of drug-likeness (QED) is 0.852. The van der Waals surface area contributed by atoms with Crippen LogP contribution < -0.4 is 11.1 Å². The molecule has 19 heavy (non-hydrogen) atoms. The molecule has 0 radical (unpaired) electrons. The molecule has 1 saturated heterocycles. The molecule has 0 aliphatic carbocycles. The Balaban J connectivity index is 2.00. The maximum absolute atomic E-state index is 11.7. The van der Waals surface area contributed by atoms with Gasteiger partial charge in [-0.05, 0) is 12.8 Å². The van der Waals surface area contributed by atoms with Crippen LogP contribution in [0.5, 0.6) is 0 Å². The van der Waals surface area contributed by atoms with Crippen LogP contribution in [-0.2, 0) is 9.53 Å². The molecule has 0 spiro atoms. The average Bonchev–Trinajstić information content (AvgIpc) is 2.86. The van der Waals surface area contributed by atoms with Crippen LogP contribution in [0.1, 0.15) is 37.6 Å². The van der Waals surface area contributed by atoms with Crippen molar-refractivity contribution in [3.05, 3.63) is 5.01 Å². The maximum atomic E-state index is 11.7. The third-order valence-electron chi connectivity index (χ3n) is 3.49. The van der Waals surface area contributed by atoms with Gasteiger partial charge in [0.15, 0.2) is 0 Å². The molecule has 0 unspecified atom stereocenters. The molecular weight excluding hydrogens is 264 g/mol. The lowest BCUT2D eigenvalue weighted by Crippen LogP contribution is -2.46. The van der Waals surface area contributed by atoms with Gasteiger partial charge in [-0.25, -0.2) is 0 Å². The molecule has 106 valence electrons. The minimum Gasteiger partial charge on any atom is -0.381 e. The van der Waals surface area contributed by atoms with Crippen molar-refractivity contribution < 1.29 is 9.53 Å². The average molecular weight is 284 g/mol. The maximum Gasteiger partial charge on any atom is 0.225 e. The topological polar surface area (TPSA) is 90.1 Å². The summed E-state index contributed by atoms with van der Waals surface area (Å²) in [5, 5.41) is 13.1. The van der Waals surface area contributed by atoms with E-state index in [0.717, 1.165) is 10.1 Å². The molecule has 6 nitrogen and oxygen atoms in total. The Morgan fingerprint density at radius 1 is 1.47 bits per heavy atom. The summed E-state index contributed by atoms with van der Waals surface area (Å²) in [6, 6.07) is 0. The van der Waals surface area contributed by atoms with Crippen molar-refractivity contribution in [3.63, 3.8) is 0 Å². The number of carbonyl (C=O) groups is 1. The number of amides is 1. The van der Waals surface area contributed by atoms with Crippen LogP contribution in [0.15, 0.2) is 0 Å². The number of carbonyl (C=O) groups excluding carboxylic acids is 1. The third-order valence-corrected chi connectivity index (χ3v) is 4.67. The highest BCUT2D eigenvalue weighted by atomic mass is 32.1. The van der Waals surface area contributed by atoms with Crippen molar-refractivity contribution >= 4 is 22.4 Å². The van der Waals surface area contributed by atoms with E-state index >= 15 is 0 Å². The minimum absolute atomic E-state index is 0.267. The summed E-state index contributed by atoms with van der Waals surface area (Å²) in [5.41, 5.74) is 5.03. The van der Waals surface area contributed by atoms with E-state index in [4.69, 9.17) is 10.5 Å². The summed E-state index contributed by atoms with van der Waals surface area (Å²) < 4.78 is 5.30. The van der Waals surface area contributed by atoms with Crippen LogP contribution >= 0.6 is 11.3 Å². The van der Waals surface area contributed by atoms with Crippen LogP contribution in [0.2, 0.25) is 0 Å². The number of hydrogen-bond donors (Lipinski definition) is 2. The number of aromatic nitrogens is 2. The largest absolute Gasteiger partial charge is 0.381 e. The number of primary amides is 1. The Hall–Kier alpha value is -1.21. The van der Waals surface area contributed by atoms with E-state index in [0.29, 0.717) is 38.5 Å². The van der Waals surface area contributed by atoms with Gasteiger partial charge >= 0.3 is 0 Å². The van der Waals surface area contributed by atoms with E-state index in [1.807, 2.05) is 0 Å². The van der Waals surface area contributed by atoms with Gasteiger partial charge in [0.1, 0.15) is 5.01 Å². The first-order valence-corrected chi connectivity index (χ1v) is 7.30. The first-order chi connectivity index (χ1) is 9.03. The van der Waals surface area contributed by atoms with Crippen molar-refractivity contribution in [2.45, 2.75) is 32.6 Å². The van der Waals surface area contributed by atoms with Crippen molar-refractivity contribution in [1.82, 2.24) is 10.2 Å². The van der Waals surface area contributed by atoms with Crippen LogP contribution in [0, 0.1) is 5.41 Å². The molecule has 2 heterocycles. The molecule has 2 rings (SSSR count). The standard InChI is InChI=1S/C12H20N4O2S/c1-8(2)9-15-16-11(19-9)14-7-12(10(13)17)3-5-18-6-4-12/h8H,3-7H2,1-2H3,(H2,13,17)(H,14,16). The van der Waals surface area contributed by atoms with Crippen molar-refractivity contribution in [3.8, 4) is 0 Å². The first kappa shape index (κ1) is 14.2. The second kappa shape index (κ2) is 5.83. The molecule has 0 saturated carbocycles. The predicted octanol–water partition coefficient (Wildman–Crippen LogP) is 1.36. The highest BCUT2D eigenvalue weighted by Crippen LogP contribution is 2.31. The number of rotatable bonds is 5. The normalized spacial score (nSPS) is 18.5. The molecule has 1 fully saturated rings. The Kier molecular flexibility index (Phi) is 4.36. The SMILES string of the molecule is CC(C)c1nnc(NCC2(C(N)=O)CCOCC2)s1. The molecule has 1 aromatic rings. The number of anilines is 1. The third kappa shape index (κ3) is 3.22. The lowest BCUT2D eigenvalue weighted by molar-refractivity contribution is -0.132. The van der Waals surface area contributed by atoms with Crippen LogP contribution in [0.25, 0.3) is 0 Å². The second-order valence-corrected chi connectivity index (χ2v) is 6.22. The van der Waals surface area contributed by atoms with Gasteiger partial charge in [-0.2, -0.15) is 0 Å². The molecule has 1 aliphatic rings. The summed E-state index contributed by atoms with van der Waals surface area (Å²) in [7, 11) is 0. The summed E-state index contributed by atoms with van der Waals surface area (Å²) in [6.07, 6.45) is 1.32. The number of nitrogens with zero attached hydrogens (tertiary/aromatic N) is 2. The Bertz CT molecular complexity index is 441. The monoisotopic (exact) mass is 284 g/mol. The Morgan fingerprint density at radius 2 is 2.16 bits per heavy atom. The van der Waals surface area contributed by atoms with E-state index in [-0.39, 0.29) is 5.91 Å². The van der Waals surface area contributed by atoms with E-state index in [9.17, 15) is 4.79 Å². The summed E-state index contributed by atoms with van der Waals surface area (Å²) in [5.74, 6) is 0.0955. The number of nitrogens with two attached hydrogens (primary N) is 1. The predicted molar refractivity (Wildman–Crippen MR) is 74.2 cm³/mol. The first-order valence-electron chi connectivity index (χ1n) is 6.48. The fourth-order valence-electron chi connectivity index (χ4n) is 2.06. The molecule has 1 aromatic heterocycles. The highest BCUT2D eigenvalue weighted by Gasteiger charge is 2.38.